The van der Waals surface area contributed by atoms with Gasteiger partial charge in [0.1, 0.15) is 0 Å². The van der Waals surface area contributed by atoms with E-state index in [1.807, 2.05) is 11.3 Å². The van der Waals surface area contributed by atoms with Gasteiger partial charge in [0.15, 0.2) is 0 Å². The minimum absolute atomic E-state index is 0.617. The van der Waals surface area contributed by atoms with Crippen molar-refractivity contribution >= 4 is 34.9 Å². The summed E-state index contributed by atoms with van der Waals surface area (Å²) in [6.07, 6.45) is 1.18. The first-order valence-corrected chi connectivity index (χ1v) is 8.72. The number of thiophene rings is 1. The Morgan fingerprint density at radius 1 is 1.44 bits per heavy atom. The Bertz CT molecular complexity index is 299. The Morgan fingerprint density at radius 3 is 2.88 bits per heavy atom. The topological polar surface area (TPSA) is 12.0 Å². The molecule has 2 rings (SSSR count). The van der Waals surface area contributed by atoms with E-state index in [1.54, 1.807) is 0 Å². The van der Waals surface area contributed by atoms with Crippen LogP contribution in [0.15, 0.2) is 17.5 Å². The SMILES string of the molecule is CNC(Cc1cccs1)C1SCCSC1C. The second kappa shape index (κ2) is 6.34. The van der Waals surface area contributed by atoms with Crippen molar-refractivity contribution in [2.24, 2.45) is 0 Å². The Kier molecular flexibility index (Phi) is 5.07. The van der Waals surface area contributed by atoms with E-state index in [0.29, 0.717) is 6.04 Å². The molecule has 1 aliphatic rings. The molecule has 4 heteroatoms. The minimum Gasteiger partial charge on any atom is -0.315 e. The smallest absolute Gasteiger partial charge is 0.0321 e. The van der Waals surface area contributed by atoms with Crippen molar-refractivity contribution in [3.05, 3.63) is 22.4 Å². The number of thioether (sulfide) groups is 2. The van der Waals surface area contributed by atoms with Gasteiger partial charge >= 0.3 is 0 Å². The largest absolute Gasteiger partial charge is 0.315 e. The molecular weight excluding hydrogens is 254 g/mol. The Balaban J connectivity index is 1.98. The van der Waals surface area contributed by atoms with Gasteiger partial charge in [-0.2, -0.15) is 23.5 Å². The summed E-state index contributed by atoms with van der Waals surface area (Å²) in [4.78, 5) is 1.50. The normalized spacial score (nSPS) is 27.9. The molecule has 1 saturated heterocycles. The Morgan fingerprint density at radius 2 is 2.25 bits per heavy atom. The number of likely N-dealkylation sites (N-methyl/N-ethyl adjacent to an activating group) is 1. The van der Waals surface area contributed by atoms with E-state index >= 15 is 0 Å². The molecule has 1 aliphatic heterocycles. The summed E-state index contributed by atoms with van der Waals surface area (Å²) in [5.74, 6) is 2.63. The third kappa shape index (κ3) is 3.19. The quantitative estimate of drug-likeness (QED) is 0.905. The Labute approximate surface area is 111 Å². The molecule has 0 spiro atoms. The first kappa shape index (κ1) is 12.8. The van der Waals surface area contributed by atoms with Crippen LogP contribution in [-0.4, -0.2) is 35.1 Å². The van der Waals surface area contributed by atoms with E-state index in [9.17, 15) is 0 Å². The van der Waals surface area contributed by atoms with Crippen molar-refractivity contribution in [2.45, 2.75) is 29.9 Å². The standard InChI is InChI=1S/C12H19NS3/c1-9-12(16-7-6-14-9)11(13-2)8-10-4-3-5-15-10/h3-5,9,11-13H,6-8H2,1-2H3. The molecule has 1 fully saturated rings. The van der Waals surface area contributed by atoms with Crippen LogP contribution < -0.4 is 5.32 Å². The van der Waals surface area contributed by atoms with Gasteiger partial charge in [0.05, 0.1) is 0 Å². The molecular formula is C12H19NS3. The molecule has 0 bridgehead atoms. The summed E-state index contributed by atoms with van der Waals surface area (Å²) in [6, 6.07) is 5.02. The van der Waals surface area contributed by atoms with Crippen molar-refractivity contribution in [2.75, 3.05) is 18.6 Å². The fourth-order valence-electron chi connectivity index (χ4n) is 2.12. The van der Waals surface area contributed by atoms with Gasteiger partial charge in [-0.05, 0) is 24.9 Å². The summed E-state index contributed by atoms with van der Waals surface area (Å²) in [5.41, 5.74) is 0. The van der Waals surface area contributed by atoms with Gasteiger partial charge in [-0.3, -0.25) is 0 Å². The van der Waals surface area contributed by atoms with Gasteiger partial charge in [0.2, 0.25) is 0 Å². The van der Waals surface area contributed by atoms with Crippen molar-refractivity contribution in [1.29, 1.82) is 0 Å². The molecule has 0 aliphatic carbocycles. The lowest BCUT2D eigenvalue weighted by molar-refractivity contribution is 0.534. The molecule has 3 unspecified atom stereocenters. The summed E-state index contributed by atoms with van der Waals surface area (Å²) in [6.45, 7) is 2.38. The van der Waals surface area contributed by atoms with E-state index in [1.165, 1.54) is 22.8 Å². The maximum absolute atomic E-state index is 3.51. The molecule has 1 nitrogen and oxygen atoms in total. The van der Waals surface area contributed by atoms with Gasteiger partial charge in [0, 0.05) is 32.9 Å². The molecule has 16 heavy (non-hydrogen) atoms. The highest BCUT2D eigenvalue weighted by atomic mass is 32.2. The van der Waals surface area contributed by atoms with Crippen LogP contribution in [0.1, 0.15) is 11.8 Å². The van der Waals surface area contributed by atoms with Crippen LogP contribution in [0.25, 0.3) is 0 Å². The van der Waals surface area contributed by atoms with E-state index < -0.39 is 0 Å². The van der Waals surface area contributed by atoms with Crippen LogP contribution in [0.4, 0.5) is 0 Å². The second-order valence-corrected chi connectivity index (χ2v) is 7.89. The fourth-order valence-corrected chi connectivity index (χ4v) is 5.88. The van der Waals surface area contributed by atoms with Crippen LogP contribution in [-0.2, 0) is 6.42 Å². The van der Waals surface area contributed by atoms with Gasteiger partial charge in [-0.25, -0.2) is 0 Å². The first-order chi connectivity index (χ1) is 7.81. The average Bonchev–Trinajstić information content (AvgIpc) is 2.80. The number of hydrogen-bond donors (Lipinski definition) is 1. The lowest BCUT2D eigenvalue weighted by atomic mass is 10.1. The molecule has 2 heterocycles. The summed E-state index contributed by atoms with van der Waals surface area (Å²) in [7, 11) is 2.10. The Hall–Kier alpha value is 0.360. The monoisotopic (exact) mass is 273 g/mol. The van der Waals surface area contributed by atoms with Crippen LogP contribution in [0.2, 0.25) is 0 Å². The predicted molar refractivity (Wildman–Crippen MR) is 79.0 cm³/mol. The van der Waals surface area contributed by atoms with Gasteiger partial charge in [0.25, 0.3) is 0 Å². The minimum atomic E-state index is 0.617. The summed E-state index contributed by atoms with van der Waals surface area (Å²) in [5, 5.41) is 7.22. The zero-order valence-corrected chi connectivity index (χ0v) is 12.3. The highest BCUT2D eigenvalue weighted by Crippen LogP contribution is 2.34. The third-order valence-corrected chi connectivity index (χ3v) is 7.16. The molecule has 0 radical (unpaired) electrons. The fraction of sp³-hybridized carbons (Fsp3) is 0.667. The van der Waals surface area contributed by atoms with E-state index in [0.717, 1.165) is 10.5 Å². The van der Waals surface area contributed by atoms with Gasteiger partial charge in [-0.15, -0.1) is 11.3 Å². The van der Waals surface area contributed by atoms with Crippen LogP contribution in [0, 0.1) is 0 Å². The second-order valence-electron chi connectivity index (χ2n) is 4.09. The van der Waals surface area contributed by atoms with E-state index in [2.05, 4.69) is 60.3 Å². The number of hydrogen-bond acceptors (Lipinski definition) is 4. The zero-order valence-electron chi connectivity index (χ0n) is 9.81. The van der Waals surface area contributed by atoms with Crippen molar-refractivity contribution in [1.82, 2.24) is 5.32 Å². The first-order valence-electron chi connectivity index (χ1n) is 5.74. The molecule has 0 aromatic carbocycles. The third-order valence-electron chi connectivity index (χ3n) is 3.01. The molecule has 1 aromatic rings. The van der Waals surface area contributed by atoms with E-state index in [-0.39, 0.29) is 0 Å². The maximum Gasteiger partial charge on any atom is 0.0321 e. The summed E-state index contributed by atoms with van der Waals surface area (Å²) < 4.78 is 0. The van der Waals surface area contributed by atoms with Crippen LogP contribution >= 0.6 is 34.9 Å². The van der Waals surface area contributed by atoms with Gasteiger partial charge < -0.3 is 5.32 Å². The highest BCUT2D eigenvalue weighted by molar-refractivity contribution is 8.07. The van der Waals surface area contributed by atoms with Crippen molar-refractivity contribution in [3.63, 3.8) is 0 Å². The molecule has 3 atom stereocenters. The predicted octanol–water partition coefficient (Wildman–Crippen LogP) is 3.12. The molecule has 0 saturated carbocycles. The maximum atomic E-state index is 3.51. The summed E-state index contributed by atoms with van der Waals surface area (Å²) >= 11 is 6.15. The van der Waals surface area contributed by atoms with Crippen LogP contribution in [0.3, 0.4) is 0 Å². The lowest BCUT2D eigenvalue weighted by Gasteiger charge is -2.34. The molecule has 1 N–H and O–H groups in total. The molecule has 0 amide bonds. The van der Waals surface area contributed by atoms with Crippen molar-refractivity contribution < 1.29 is 0 Å². The highest BCUT2D eigenvalue weighted by Gasteiger charge is 2.29. The molecule has 1 aromatic heterocycles. The zero-order chi connectivity index (χ0) is 11.4. The lowest BCUT2D eigenvalue weighted by Crippen LogP contribution is -2.44. The molecule has 90 valence electrons. The number of rotatable bonds is 4. The van der Waals surface area contributed by atoms with Crippen LogP contribution in [0.5, 0.6) is 0 Å². The van der Waals surface area contributed by atoms with E-state index in [4.69, 9.17) is 0 Å². The number of nitrogens with one attached hydrogen (secondary N) is 1. The van der Waals surface area contributed by atoms with Crippen molar-refractivity contribution in [3.8, 4) is 0 Å². The van der Waals surface area contributed by atoms with Gasteiger partial charge in [-0.1, -0.05) is 13.0 Å². The average molecular weight is 273 g/mol.